The monoisotopic (exact) mass is 241 g/mol. The maximum absolute atomic E-state index is 10.3. The van der Waals surface area contributed by atoms with Gasteiger partial charge in [0, 0.05) is 11.1 Å². The van der Waals surface area contributed by atoms with E-state index < -0.39 is 0 Å². The average Bonchev–Trinajstić information content (AvgIpc) is 2.41. The van der Waals surface area contributed by atoms with Crippen LogP contribution in [0.1, 0.15) is 18.1 Å². The van der Waals surface area contributed by atoms with Crippen molar-refractivity contribution in [2.75, 3.05) is 0 Å². The number of hydrogen-bond acceptors (Lipinski definition) is 3. The molecule has 0 atom stereocenters. The summed E-state index contributed by atoms with van der Waals surface area (Å²) in [6.07, 6.45) is 2.32. The third-order valence-electron chi connectivity index (χ3n) is 3.01. The van der Waals surface area contributed by atoms with Crippen LogP contribution in [0, 0.1) is 0 Å². The number of fused-ring (bicyclic) bond motifs is 1. The molecule has 2 aromatic rings. The SMILES string of the molecule is C=CCc1c(O)c(/C(C)=N\O)cc2ccccc12. The molecule has 0 aromatic heterocycles. The van der Waals surface area contributed by atoms with E-state index in [2.05, 4.69) is 11.7 Å². The number of phenols is 1. The predicted molar refractivity (Wildman–Crippen MR) is 73.5 cm³/mol. The standard InChI is InChI=1S/C15H15NO2/c1-3-6-13-12-8-5-4-7-11(12)9-14(15(13)17)10(2)16-18/h3-5,7-9,17-18H,1,6H2,2H3/b16-10-. The van der Waals surface area contributed by atoms with Crippen molar-refractivity contribution in [1.29, 1.82) is 0 Å². The molecule has 92 valence electrons. The molecular formula is C15H15NO2. The van der Waals surface area contributed by atoms with Crippen LogP contribution in [0.5, 0.6) is 5.75 Å². The van der Waals surface area contributed by atoms with Gasteiger partial charge < -0.3 is 10.3 Å². The van der Waals surface area contributed by atoms with E-state index >= 15 is 0 Å². The molecule has 2 rings (SSSR count). The Morgan fingerprint density at radius 1 is 1.39 bits per heavy atom. The van der Waals surface area contributed by atoms with Crippen LogP contribution < -0.4 is 0 Å². The van der Waals surface area contributed by atoms with Crippen LogP contribution in [-0.4, -0.2) is 16.0 Å². The van der Waals surface area contributed by atoms with Crippen LogP contribution in [0.2, 0.25) is 0 Å². The Balaban J connectivity index is 2.83. The number of oxime groups is 1. The smallest absolute Gasteiger partial charge is 0.128 e. The number of benzene rings is 2. The highest BCUT2D eigenvalue weighted by molar-refractivity contribution is 6.05. The molecule has 0 fully saturated rings. The van der Waals surface area contributed by atoms with E-state index in [-0.39, 0.29) is 5.75 Å². The van der Waals surface area contributed by atoms with Crippen molar-refractivity contribution in [2.24, 2.45) is 5.16 Å². The molecule has 0 spiro atoms. The zero-order valence-corrected chi connectivity index (χ0v) is 10.2. The minimum atomic E-state index is 0.156. The molecule has 0 saturated heterocycles. The Kier molecular flexibility index (Phi) is 3.33. The molecule has 0 saturated carbocycles. The van der Waals surface area contributed by atoms with Gasteiger partial charge in [0.2, 0.25) is 0 Å². The van der Waals surface area contributed by atoms with Gasteiger partial charge in [0.15, 0.2) is 0 Å². The summed E-state index contributed by atoms with van der Waals surface area (Å²) in [5.74, 6) is 0.156. The van der Waals surface area contributed by atoms with Crippen LogP contribution in [0.3, 0.4) is 0 Å². The summed E-state index contributed by atoms with van der Waals surface area (Å²) in [5, 5.41) is 24.3. The fourth-order valence-corrected chi connectivity index (χ4v) is 2.09. The fraction of sp³-hybridized carbons (Fsp3) is 0.133. The maximum atomic E-state index is 10.3. The Bertz CT molecular complexity index is 630. The van der Waals surface area contributed by atoms with Crippen LogP contribution in [0.4, 0.5) is 0 Å². The van der Waals surface area contributed by atoms with Crippen LogP contribution in [0.15, 0.2) is 48.1 Å². The topological polar surface area (TPSA) is 52.8 Å². The highest BCUT2D eigenvalue weighted by Gasteiger charge is 2.13. The molecule has 0 aliphatic carbocycles. The second-order valence-corrected chi connectivity index (χ2v) is 4.15. The van der Waals surface area contributed by atoms with E-state index in [9.17, 15) is 5.11 Å². The van der Waals surface area contributed by atoms with Crippen LogP contribution >= 0.6 is 0 Å². The zero-order chi connectivity index (χ0) is 13.1. The largest absolute Gasteiger partial charge is 0.507 e. The number of aromatic hydroxyl groups is 1. The normalized spacial score (nSPS) is 11.7. The molecule has 2 aromatic carbocycles. The number of phenolic OH excluding ortho intramolecular Hbond substituents is 1. The molecule has 0 unspecified atom stereocenters. The lowest BCUT2D eigenvalue weighted by atomic mass is 9.95. The average molecular weight is 241 g/mol. The van der Waals surface area contributed by atoms with Gasteiger partial charge in [0.25, 0.3) is 0 Å². The van der Waals surface area contributed by atoms with E-state index in [4.69, 9.17) is 5.21 Å². The van der Waals surface area contributed by atoms with E-state index in [1.165, 1.54) is 0 Å². The molecular weight excluding hydrogens is 226 g/mol. The lowest BCUT2D eigenvalue weighted by Crippen LogP contribution is -1.99. The highest BCUT2D eigenvalue weighted by atomic mass is 16.4. The zero-order valence-electron chi connectivity index (χ0n) is 10.2. The van der Waals surface area contributed by atoms with Gasteiger partial charge in [-0.2, -0.15) is 0 Å². The summed E-state index contributed by atoms with van der Waals surface area (Å²) >= 11 is 0. The Morgan fingerprint density at radius 3 is 2.78 bits per heavy atom. The first-order valence-electron chi connectivity index (χ1n) is 5.72. The van der Waals surface area contributed by atoms with E-state index in [0.29, 0.717) is 17.7 Å². The predicted octanol–water partition coefficient (Wildman–Crippen LogP) is 3.47. The number of hydrogen-bond donors (Lipinski definition) is 2. The van der Waals surface area contributed by atoms with Gasteiger partial charge in [-0.1, -0.05) is 35.5 Å². The van der Waals surface area contributed by atoms with Gasteiger partial charge in [-0.15, -0.1) is 6.58 Å². The summed E-state index contributed by atoms with van der Waals surface area (Å²) < 4.78 is 0. The van der Waals surface area contributed by atoms with Crippen molar-refractivity contribution in [3.8, 4) is 5.75 Å². The number of nitrogens with zero attached hydrogens (tertiary/aromatic N) is 1. The highest BCUT2D eigenvalue weighted by Crippen LogP contribution is 2.32. The molecule has 2 N–H and O–H groups in total. The Hall–Kier alpha value is -2.29. The van der Waals surface area contributed by atoms with Crippen molar-refractivity contribution in [2.45, 2.75) is 13.3 Å². The molecule has 0 bridgehead atoms. The maximum Gasteiger partial charge on any atom is 0.128 e. The van der Waals surface area contributed by atoms with Gasteiger partial charge in [-0.05, 0) is 30.2 Å². The summed E-state index contributed by atoms with van der Waals surface area (Å²) in [4.78, 5) is 0. The molecule has 18 heavy (non-hydrogen) atoms. The second kappa shape index (κ2) is 4.92. The van der Waals surface area contributed by atoms with Gasteiger partial charge in [0.05, 0.1) is 5.71 Å². The van der Waals surface area contributed by atoms with Crippen molar-refractivity contribution in [1.82, 2.24) is 0 Å². The summed E-state index contributed by atoms with van der Waals surface area (Å²) in [5.41, 5.74) is 1.75. The van der Waals surface area contributed by atoms with E-state index in [1.54, 1.807) is 13.0 Å². The third-order valence-corrected chi connectivity index (χ3v) is 3.01. The van der Waals surface area contributed by atoms with E-state index in [1.807, 2.05) is 30.3 Å². The molecule has 0 radical (unpaired) electrons. The quantitative estimate of drug-likeness (QED) is 0.374. The first kappa shape index (κ1) is 12.2. The summed E-state index contributed by atoms with van der Waals surface area (Å²) in [7, 11) is 0. The fourth-order valence-electron chi connectivity index (χ4n) is 2.09. The van der Waals surface area contributed by atoms with Gasteiger partial charge in [-0.25, -0.2) is 0 Å². The first-order chi connectivity index (χ1) is 8.69. The van der Waals surface area contributed by atoms with Crippen molar-refractivity contribution >= 4 is 16.5 Å². The van der Waals surface area contributed by atoms with Crippen LogP contribution in [0.25, 0.3) is 10.8 Å². The summed E-state index contributed by atoms with van der Waals surface area (Å²) in [6.45, 7) is 5.36. The van der Waals surface area contributed by atoms with Crippen LogP contribution in [-0.2, 0) is 6.42 Å². The third kappa shape index (κ3) is 1.95. The Labute approximate surface area is 106 Å². The minimum absolute atomic E-state index is 0.156. The molecule has 0 amide bonds. The molecule has 0 aliphatic heterocycles. The number of rotatable bonds is 3. The van der Waals surface area contributed by atoms with Gasteiger partial charge in [-0.3, -0.25) is 0 Å². The molecule has 0 heterocycles. The van der Waals surface area contributed by atoms with Crippen molar-refractivity contribution in [3.05, 3.63) is 54.1 Å². The van der Waals surface area contributed by atoms with Crippen molar-refractivity contribution < 1.29 is 10.3 Å². The Morgan fingerprint density at radius 2 is 2.11 bits per heavy atom. The molecule has 0 aliphatic rings. The van der Waals surface area contributed by atoms with E-state index in [0.717, 1.165) is 16.3 Å². The molecule has 3 heteroatoms. The first-order valence-corrected chi connectivity index (χ1v) is 5.72. The lowest BCUT2D eigenvalue weighted by molar-refractivity contribution is 0.318. The van der Waals surface area contributed by atoms with Gasteiger partial charge >= 0.3 is 0 Å². The van der Waals surface area contributed by atoms with Gasteiger partial charge in [0.1, 0.15) is 5.75 Å². The lowest BCUT2D eigenvalue weighted by Gasteiger charge is -2.12. The second-order valence-electron chi connectivity index (χ2n) is 4.15. The molecule has 3 nitrogen and oxygen atoms in total. The summed E-state index contributed by atoms with van der Waals surface area (Å²) in [6, 6.07) is 9.62. The minimum Gasteiger partial charge on any atom is -0.507 e. The van der Waals surface area contributed by atoms with Crippen molar-refractivity contribution in [3.63, 3.8) is 0 Å². The number of allylic oxidation sites excluding steroid dienone is 1.